The third-order valence-corrected chi connectivity index (χ3v) is 16.7. The zero-order chi connectivity index (χ0) is 55.9. The molecule has 3 N–H and O–H groups in total. The number of fused-ring (bicyclic) bond motifs is 7. The van der Waals surface area contributed by atoms with E-state index in [0.717, 1.165) is 80.7 Å². The minimum atomic E-state index is -1.17. The first-order chi connectivity index (χ1) is 37.9. The molecule has 0 aliphatic carbocycles. The van der Waals surface area contributed by atoms with Gasteiger partial charge in [0.2, 0.25) is 5.91 Å². The number of cyclic esters (lactones) is 1. The Kier molecular flexibility index (Phi) is 16.2. The maximum atomic E-state index is 15.0. The molecule has 0 radical (unpaired) electrons. The van der Waals surface area contributed by atoms with Crippen LogP contribution in [0.15, 0.2) is 97.2 Å². The molecular weight excluding hydrogens is 995 g/mol. The number of phenolic OH excluding ortho intramolecular Hbond substituents is 1. The monoisotopic (exact) mass is 1070 g/mol. The number of aryl methyl sites for hydroxylation is 1. The van der Waals surface area contributed by atoms with Crippen LogP contribution in [0.25, 0.3) is 44.4 Å². The maximum Gasteiger partial charge on any atom is 0.324 e. The molecular formula is C64H77N7O8. The second-order valence-electron chi connectivity index (χ2n) is 23.5. The number of hydrazine groups is 1. The van der Waals surface area contributed by atoms with Crippen LogP contribution in [0.5, 0.6) is 5.75 Å². The number of hydrogen-bond acceptors (Lipinski definition) is 11. The lowest BCUT2D eigenvalue weighted by molar-refractivity contribution is -0.155. The van der Waals surface area contributed by atoms with E-state index in [2.05, 4.69) is 90.5 Å². The molecule has 15 nitrogen and oxygen atoms in total. The number of carbonyl (C=O) groups excluding carboxylic acids is 4. The van der Waals surface area contributed by atoms with Crippen LogP contribution >= 0.6 is 0 Å². The summed E-state index contributed by atoms with van der Waals surface area (Å²) in [6.07, 6.45) is 3.95. The van der Waals surface area contributed by atoms with Crippen molar-refractivity contribution in [2.24, 2.45) is 11.3 Å². The first-order valence-corrected chi connectivity index (χ1v) is 28.2. The van der Waals surface area contributed by atoms with Crippen LogP contribution in [-0.2, 0) is 65.7 Å². The van der Waals surface area contributed by atoms with E-state index in [9.17, 15) is 24.3 Å². The second kappa shape index (κ2) is 23.1. The van der Waals surface area contributed by atoms with Crippen LogP contribution < -0.4 is 10.7 Å². The van der Waals surface area contributed by atoms with Gasteiger partial charge in [-0.15, -0.1) is 0 Å². The summed E-state index contributed by atoms with van der Waals surface area (Å²) in [7, 11) is 5.49. The van der Waals surface area contributed by atoms with Crippen LogP contribution in [0.4, 0.5) is 0 Å². The van der Waals surface area contributed by atoms with E-state index in [4.69, 9.17) is 19.2 Å². The zero-order valence-corrected chi connectivity index (χ0v) is 47.3. The fourth-order valence-corrected chi connectivity index (χ4v) is 12.5. The van der Waals surface area contributed by atoms with E-state index < -0.39 is 47.4 Å². The normalized spacial score (nSPS) is 21.5. The van der Waals surface area contributed by atoms with Crippen molar-refractivity contribution in [3.8, 4) is 39.3 Å². The average Bonchev–Trinajstić information content (AvgIpc) is 4.26. The van der Waals surface area contributed by atoms with Crippen LogP contribution in [0.3, 0.4) is 0 Å². The molecule has 6 aromatic rings. The molecule has 2 fully saturated rings. The number of nitrogens with one attached hydrogen (secondary N) is 2. The van der Waals surface area contributed by atoms with Crippen molar-refractivity contribution in [1.29, 1.82) is 0 Å². The van der Waals surface area contributed by atoms with E-state index in [0.29, 0.717) is 44.4 Å². The van der Waals surface area contributed by atoms with Gasteiger partial charge in [0.1, 0.15) is 30.0 Å². The van der Waals surface area contributed by atoms with E-state index in [1.54, 1.807) is 26.3 Å². The fraction of sp³-hybridized carbons (Fsp3) is 0.453. The summed E-state index contributed by atoms with van der Waals surface area (Å²) in [6.45, 7) is 15.5. The third-order valence-electron chi connectivity index (χ3n) is 16.7. The molecule has 10 rings (SSSR count). The molecule has 2 saturated heterocycles. The minimum Gasteiger partial charge on any atom is -0.508 e. The van der Waals surface area contributed by atoms with Gasteiger partial charge in [-0.1, -0.05) is 88.4 Å². The number of benzene rings is 4. The Balaban J connectivity index is 1.06. The summed E-state index contributed by atoms with van der Waals surface area (Å²) in [5.41, 5.74) is 15.4. The topological polar surface area (TPSA) is 168 Å². The Labute approximate surface area is 464 Å². The quantitative estimate of drug-likeness (QED) is 0.106. The summed E-state index contributed by atoms with van der Waals surface area (Å²) in [4.78, 5) is 67.4. The van der Waals surface area contributed by atoms with Crippen molar-refractivity contribution in [3.05, 3.63) is 131 Å². The second-order valence-corrected chi connectivity index (χ2v) is 23.5. The molecule has 6 atom stereocenters. The van der Waals surface area contributed by atoms with E-state index in [-0.39, 0.29) is 49.2 Å². The van der Waals surface area contributed by atoms with Crippen molar-refractivity contribution in [3.63, 3.8) is 0 Å². The first-order valence-electron chi connectivity index (χ1n) is 28.2. The smallest absolute Gasteiger partial charge is 0.324 e. The number of aromatic hydroxyl groups is 1. The number of aromatic nitrogens is 2. The number of methoxy groups -OCH3 is 1. The minimum absolute atomic E-state index is 0.00295. The van der Waals surface area contributed by atoms with Crippen molar-refractivity contribution >= 4 is 34.6 Å². The molecule has 4 aliphatic rings. The van der Waals surface area contributed by atoms with Gasteiger partial charge in [-0.05, 0) is 134 Å². The van der Waals surface area contributed by atoms with Gasteiger partial charge in [-0.2, -0.15) is 0 Å². The molecule has 6 unspecified atom stereocenters. The highest BCUT2D eigenvalue weighted by Crippen LogP contribution is 2.44. The molecule has 4 aliphatic heterocycles. The summed E-state index contributed by atoms with van der Waals surface area (Å²) >= 11 is 0. The lowest BCUT2D eigenvalue weighted by atomic mass is 9.83. The van der Waals surface area contributed by atoms with Gasteiger partial charge < -0.3 is 39.0 Å². The summed E-state index contributed by atoms with van der Waals surface area (Å²) in [5, 5.41) is 17.1. The number of amides is 3. The van der Waals surface area contributed by atoms with Crippen LogP contribution in [0.2, 0.25) is 0 Å². The lowest BCUT2D eigenvalue weighted by Crippen LogP contribution is -2.62. The number of pyridine rings is 1. The number of rotatable bonds is 11. The fourth-order valence-electron chi connectivity index (χ4n) is 12.5. The Morgan fingerprint density at radius 2 is 1.71 bits per heavy atom. The number of phenols is 1. The average molecular weight is 1070 g/mol. The number of nitrogens with zero attached hydrogens (tertiary/aromatic N) is 5. The molecule has 0 spiro atoms. The standard InChI is InChI=1S/C64H77N7O8/c1-10-70-55-21-20-43-32-50(55)52(58(70)51-33-47(35-65-56(51)39(4)77-9)42-18-19-45-36-68(7)25-22-44(45)30-42)34-64(5,6)37-79-63(76)53-17-14-24-71(67-53)61(74)54(29-40-27-46(43)31-48(72)28-40)66-60(73)57(38(2)3)69(8)62(75)59-49(23-26-78-59)41-15-12-11-13-16-41/h11-13,15-16,18-21,27-28,30-33,35,38-39,49,53-54,57,59,67,72H,10,14,17,22-26,29,34,36-37H2,1-9H3,(H,66,73). The SMILES string of the molecule is CCn1c(-c2cc(-c3ccc4c(c3)CCN(C)C4)cnc2C(C)OC)c2c3cc(ccc31)-c1cc(O)cc(c1)CC(NC(=O)C(C(C)C)N(C)C(=O)C1OCCC1c1ccccc1)C(=O)N1CCCC(N1)C(=O)OCC(C)(C)C2. The molecule has 4 aromatic carbocycles. The van der Waals surface area contributed by atoms with Crippen LogP contribution in [-0.4, -0.2) is 125 Å². The highest BCUT2D eigenvalue weighted by atomic mass is 16.5. The van der Waals surface area contributed by atoms with Gasteiger partial charge in [0.05, 0.1) is 24.1 Å². The molecule has 0 saturated carbocycles. The maximum absolute atomic E-state index is 15.0. The summed E-state index contributed by atoms with van der Waals surface area (Å²) in [5.74, 6) is -2.29. The molecule has 416 valence electrons. The number of likely N-dealkylation sites (N-methyl/N-ethyl adjacent to an activating group) is 2. The molecule has 6 heterocycles. The highest BCUT2D eigenvalue weighted by Gasteiger charge is 2.42. The van der Waals surface area contributed by atoms with Crippen LogP contribution in [0.1, 0.15) is 106 Å². The number of ether oxygens (including phenoxy) is 3. The third kappa shape index (κ3) is 11.5. The summed E-state index contributed by atoms with van der Waals surface area (Å²) in [6, 6.07) is 27.5. The van der Waals surface area contributed by atoms with E-state index in [1.807, 2.05) is 63.4 Å². The van der Waals surface area contributed by atoms with Gasteiger partial charge in [0.25, 0.3) is 11.8 Å². The summed E-state index contributed by atoms with van der Waals surface area (Å²) < 4.78 is 20.7. The van der Waals surface area contributed by atoms with E-state index in [1.165, 1.54) is 21.0 Å². The van der Waals surface area contributed by atoms with Gasteiger partial charge in [0, 0.05) is 92.9 Å². The Morgan fingerprint density at radius 3 is 2.47 bits per heavy atom. The van der Waals surface area contributed by atoms with Gasteiger partial charge in [-0.3, -0.25) is 29.2 Å². The molecule has 6 bridgehead atoms. The Bertz CT molecular complexity index is 3260. The van der Waals surface area contributed by atoms with Gasteiger partial charge in [-0.25, -0.2) is 5.43 Å². The van der Waals surface area contributed by atoms with Crippen LogP contribution in [0, 0.1) is 11.3 Å². The number of carbonyl (C=O) groups is 4. The zero-order valence-electron chi connectivity index (χ0n) is 47.3. The van der Waals surface area contributed by atoms with Gasteiger partial charge >= 0.3 is 5.97 Å². The number of hydrogen-bond donors (Lipinski definition) is 3. The first kappa shape index (κ1) is 55.4. The predicted octanol–water partition coefficient (Wildman–Crippen LogP) is 9.16. The Hall–Kier alpha value is -6.91. The van der Waals surface area contributed by atoms with E-state index >= 15 is 0 Å². The van der Waals surface area contributed by atoms with Gasteiger partial charge in [0.15, 0.2) is 0 Å². The lowest BCUT2D eigenvalue weighted by Gasteiger charge is -2.37. The van der Waals surface area contributed by atoms with Crippen molar-refractivity contribution in [2.75, 3.05) is 47.5 Å². The molecule has 79 heavy (non-hydrogen) atoms. The predicted molar refractivity (Wildman–Crippen MR) is 306 cm³/mol. The number of esters is 1. The Morgan fingerprint density at radius 1 is 0.937 bits per heavy atom. The molecule has 2 aromatic heterocycles. The highest BCUT2D eigenvalue weighted by molar-refractivity contribution is 5.97. The molecule has 3 amide bonds. The van der Waals surface area contributed by atoms with Crippen molar-refractivity contribution in [1.82, 2.24) is 35.1 Å². The van der Waals surface area contributed by atoms with Crippen molar-refractivity contribution in [2.45, 2.75) is 129 Å². The molecule has 15 heteroatoms. The largest absolute Gasteiger partial charge is 0.508 e. The van der Waals surface area contributed by atoms with Crippen molar-refractivity contribution < 1.29 is 38.5 Å².